The second kappa shape index (κ2) is 6.38. The first kappa shape index (κ1) is 11.9. The van der Waals surface area contributed by atoms with Gasteiger partial charge in [0.15, 0.2) is 0 Å². The van der Waals surface area contributed by atoms with Crippen molar-refractivity contribution in [3.8, 4) is 0 Å². The Bertz CT molecular complexity index is 145. The molecule has 0 rings (SSSR count). The fourth-order valence-corrected chi connectivity index (χ4v) is 2.59. The Morgan fingerprint density at radius 2 is 2.18 bits per heavy atom. The van der Waals surface area contributed by atoms with Crippen molar-refractivity contribution >= 4 is 28.8 Å². The molecule has 0 saturated heterocycles. The number of nitrogens with one attached hydrogen (secondary N) is 1. The van der Waals surface area contributed by atoms with E-state index in [9.17, 15) is 0 Å². The molecule has 0 aromatic carbocycles. The maximum atomic E-state index is 5.86. The summed E-state index contributed by atoms with van der Waals surface area (Å²) in [5.41, 5.74) is 0. The van der Waals surface area contributed by atoms with Gasteiger partial charge in [0.2, 0.25) is 5.77 Å². The Labute approximate surface area is 78.6 Å². The van der Waals surface area contributed by atoms with Crippen LogP contribution in [0.4, 0.5) is 0 Å². The van der Waals surface area contributed by atoms with E-state index in [-0.39, 0.29) is 0 Å². The lowest BCUT2D eigenvalue weighted by atomic mass is 10.3. The van der Waals surface area contributed by atoms with Crippen LogP contribution in [0.25, 0.3) is 0 Å². The zero-order valence-electron chi connectivity index (χ0n) is 6.97. The van der Waals surface area contributed by atoms with Crippen LogP contribution in [0.3, 0.4) is 0 Å². The summed E-state index contributed by atoms with van der Waals surface area (Å²) in [6.45, 7) is 5.46. The van der Waals surface area contributed by atoms with Crippen LogP contribution in [0.1, 0.15) is 26.7 Å². The topological polar surface area (TPSA) is 21.3 Å². The normalized spacial score (nSPS) is 16.3. The fraction of sp³-hybridized carbons (Fsp3) is 1.00. The molecule has 0 heterocycles. The zero-order chi connectivity index (χ0) is 8.74. The summed E-state index contributed by atoms with van der Waals surface area (Å²) in [4.78, 5) is 0. The van der Waals surface area contributed by atoms with Crippen LogP contribution < -0.4 is 5.09 Å². The summed E-state index contributed by atoms with van der Waals surface area (Å²) in [6.07, 6.45) is 2.24. The van der Waals surface area contributed by atoms with Crippen molar-refractivity contribution in [2.45, 2.75) is 26.7 Å². The average Bonchev–Trinajstić information content (AvgIpc) is 1.87. The van der Waals surface area contributed by atoms with Gasteiger partial charge in [0.1, 0.15) is 0 Å². The number of rotatable bonds is 6. The van der Waals surface area contributed by atoms with E-state index >= 15 is 0 Å². The van der Waals surface area contributed by atoms with Crippen molar-refractivity contribution in [1.29, 1.82) is 0 Å². The molecule has 5 heteroatoms. The van der Waals surface area contributed by atoms with Gasteiger partial charge in [-0.15, -0.1) is 0 Å². The highest BCUT2D eigenvalue weighted by atomic mass is 35.7. The van der Waals surface area contributed by atoms with Crippen LogP contribution in [-0.4, -0.2) is 13.2 Å². The Balaban J connectivity index is 3.47. The van der Waals surface area contributed by atoms with E-state index in [0.29, 0.717) is 6.61 Å². The largest absolute Gasteiger partial charge is 0.327 e. The zero-order valence-corrected chi connectivity index (χ0v) is 9.44. The van der Waals surface area contributed by atoms with Gasteiger partial charge in [0.05, 0.1) is 6.61 Å². The maximum Gasteiger partial charge on any atom is 0.219 e. The van der Waals surface area contributed by atoms with Gasteiger partial charge in [0, 0.05) is 6.54 Å². The molecule has 0 aliphatic heterocycles. The molecule has 0 radical (unpaired) electrons. The third kappa shape index (κ3) is 7.23. The van der Waals surface area contributed by atoms with Crippen molar-refractivity contribution in [2.75, 3.05) is 13.2 Å². The molecule has 1 atom stereocenters. The first-order valence-corrected chi connectivity index (χ1v) is 7.44. The highest BCUT2D eigenvalue weighted by molar-refractivity contribution is 8.23. The van der Waals surface area contributed by atoms with E-state index in [1.54, 1.807) is 0 Å². The highest BCUT2D eigenvalue weighted by Crippen LogP contribution is 2.47. The molecule has 68 valence electrons. The Kier molecular flexibility index (Phi) is 6.88. The molecule has 0 spiro atoms. The number of halogens is 1. The number of unbranched alkanes of at least 4 members (excludes halogenated alkanes) is 1. The third-order valence-corrected chi connectivity index (χ3v) is 3.67. The van der Waals surface area contributed by atoms with Gasteiger partial charge in [-0.2, -0.15) is 0 Å². The van der Waals surface area contributed by atoms with Crippen LogP contribution in [0.5, 0.6) is 0 Å². The van der Waals surface area contributed by atoms with E-state index in [0.717, 1.165) is 19.4 Å². The summed E-state index contributed by atoms with van der Waals surface area (Å²) in [5, 5.41) is 3.03. The van der Waals surface area contributed by atoms with Crippen LogP contribution in [0, 0.1) is 0 Å². The molecule has 0 amide bonds. The highest BCUT2D eigenvalue weighted by Gasteiger charge is 2.10. The van der Waals surface area contributed by atoms with Crippen molar-refractivity contribution in [3.05, 3.63) is 0 Å². The number of hydrogen-bond acceptors (Lipinski definition) is 2. The van der Waals surface area contributed by atoms with E-state index < -0.39 is 5.77 Å². The second-order valence-corrected chi connectivity index (χ2v) is 7.27. The van der Waals surface area contributed by atoms with Gasteiger partial charge in [-0.05, 0) is 36.4 Å². The van der Waals surface area contributed by atoms with Crippen molar-refractivity contribution < 1.29 is 4.52 Å². The molecule has 2 nitrogen and oxygen atoms in total. The molecule has 0 aromatic heterocycles. The molecular formula is C6H15ClNOPS. The Morgan fingerprint density at radius 1 is 1.55 bits per heavy atom. The fourth-order valence-electron chi connectivity index (χ4n) is 0.601. The molecule has 1 unspecified atom stereocenters. The molecule has 0 fully saturated rings. The second-order valence-electron chi connectivity index (χ2n) is 2.16. The van der Waals surface area contributed by atoms with Gasteiger partial charge in [-0.1, -0.05) is 13.3 Å². The van der Waals surface area contributed by atoms with Gasteiger partial charge in [0.25, 0.3) is 0 Å². The first-order valence-electron chi connectivity index (χ1n) is 3.81. The standard InChI is InChI=1S/C6H15ClNOPS/c1-3-5-6-8-10(7,11)9-4-2/h3-6H2,1-2H3,(H,8,11). The van der Waals surface area contributed by atoms with Crippen molar-refractivity contribution in [3.63, 3.8) is 0 Å². The first-order chi connectivity index (χ1) is 5.12. The van der Waals surface area contributed by atoms with Crippen molar-refractivity contribution in [1.82, 2.24) is 5.09 Å². The van der Waals surface area contributed by atoms with E-state index in [1.807, 2.05) is 6.92 Å². The molecule has 0 saturated carbocycles. The lowest BCUT2D eigenvalue weighted by Crippen LogP contribution is -2.10. The molecule has 11 heavy (non-hydrogen) atoms. The van der Waals surface area contributed by atoms with Crippen LogP contribution >= 0.6 is 17.0 Å². The third-order valence-electron chi connectivity index (χ3n) is 1.13. The van der Waals surface area contributed by atoms with Crippen LogP contribution in [0.15, 0.2) is 0 Å². The summed E-state index contributed by atoms with van der Waals surface area (Å²) >= 11 is 10.9. The summed E-state index contributed by atoms with van der Waals surface area (Å²) in [5.74, 6) is -2.17. The summed E-state index contributed by atoms with van der Waals surface area (Å²) < 4.78 is 5.16. The lowest BCUT2D eigenvalue weighted by molar-refractivity contribution is 0.378. The lowest BCUT2D eigenvalue weighted by Gasteiger charge is -2.14. The Hall–Kier alpha value is 0.860. The smallest absolute Gasteiger partial charge is 0.219 e. The summed E-state index contributed by atoms with van der Waals surface area (Å²) in [7, 11) is 0. The molecular weight excluding hydrogens is 201 g/mol. The molecule has 0 aliphatic rings. The maximum absolute atomic E-state index is 5.86. The minimum absolute atomic E-state index is 0.583. The summed E-state index contributed by atoms with van der Waals surface area (Å²) in [6, 6.07) is 0. The predicted molar refractivity (Wildman–Crippen MR) is 54.7 cm³/mol. The predicted octanol–water partition coefficient (Wildman–Crippen LogP) is 2.88. The molecule has 1 N–H and O–H groups in total. The minimum atomic E-state index is -2.17. The molecule has 0 bridgehead atoms. The molecule has 0 aliphatic carbocycles. The minimum Gasteiger partial charge on any atom is -0.327 e. The van der Waals surface area contributed by atoms with E-state index in [1.165, 1.54) is 0 Å². The van der Waals surface area contributed by atoms with Crippen LogP contribution in [0.2, 0.25) is 0 Å². The van der Waals surface area contributed by atoms with Crippen LogP contribution in [-0.2, 0) is 16.3 Å². The SMILES string of the molecule is CCCCNP(=S)(Cl)OCC. The van der Waals surface area contributed by atoms with Gasteiger partial charge in [-0.25, -0.2) is 0 Å². The molecule has 0 aromatic rings. The van der Waals surface area contributed by atoms with E-state index in [2.05, 4.69) is 12.0 Å². The Morgan fingerprint density at radius 3 is 2.64 bits per heavy atom. The number of hydrogen-bond donors (Lipinski definition) is 1. The van der Waals surface area contributed by atoms with Gasteiger partial charge >= 0.3 is 0 Å². The average molecular weight is 216 g/mol. The van der Waals surface area contributed by atoms with E-state index in [4.69, 9.17) is 27.6 Å². The van der Waals surface area contributed by atoms with Gasteiger partial charge in [-0.3, -0.25) is 5.09 Å². The quantitative estimate of drug-likeness (QED) is 0.544. The van der Waals surface area contributed by atoms with Crippen molar-refractivity contribution in [2.24, 2.45) is 0 Å². The van der Waals surface area contributed by atoms with Gasteiger partial charge < -0.3 is 4.52 Å². The monoisotopic (exact) mass is 215 g/mol.